The van der Waals surface area contributed by atoms with Gasteiger partial charge in [0.25, 0.3) is 0 Å². The van der Waals surface area contributed by atoms with E-state index in [1.807, 2.05) is 52.0 Å². The Kier molecular flexibility index (Phi) is 5.63. The molecule has 0 radical (unpaired) electrons. The third kappa shape index (κ3) is 4.29. The van der Waals surface area contributed by atoms with E-state index in [0.717, 1.165) is 23.4 Å². The van der Waals surface area contributed by atoms with E-state index in [9.17, 15) is 9.59 Å². The van der Waals surface area contributed by atoms with Crippen molar-refractivity contribution < 1.29 is 14.3 Å². The van der Waals surface area contributed by atoms with Crippen LogP contribution in [0.1, 0.15) is 52.9 Å². The molecular formula is C21H30N4O3. The first kappa shape index (κ1) is 20.2. The van der Waals surface area contributed by atoms with Crippen LogP contribution in [0.5, 0.6) is 0 Å². The van der Waals surface area contributed by atoms with Crippen LogP contribution in [0.2, 0.25) is 0 Å². The van der Waals surface area contributed by atoms with Gasteiger partial charge < -0.3 is 19.5 Å². The summed E-state index contributed by atoms with van der Waals surface area (Å²) in [4.78, 5) is 31.3. The fourth-order valence-electron chi connectivity index (χ4n) is 3.62. The molecule has 1 aromatic heterocycles. The Labute approximate surface area is 166 Å². The Hall–Kier alpha value is -2.57. The quantitative estimate of drug-likeness (QED) is 0.873. The maximum Gasteiger partial charge on any atom is 0.410 e. The van der Waals surface area contributed by atoms with Crippen molar-refractivity contribution in [1.82, 2.24) is 19.8 Å². The molecule has 0 bridgehead atoms. The van der Waals surface area contributed by atoms with Crippen LogP contribution in [0, 0.1) is 5.92 Å². The molecule has 1 fully saturated rings. The van der Waals surface area contributed by atoms with Gasteiger partial charge in [-0.1, -0.05) is 12.1 Å². The minimum atomic E-state index is -0.537. The van der Waals surface area contributed by atoms with E-state index in [-0.39, 0.29) is 24.0 Å². The third-order valence-electron chi connectivity index (χ3n) is 4.96. The van der Waals surface area contributed by atoms with Gasteiger partial charge in [-0.2, -0.15) is 0 Å². The lowest BCUT2D eigenvalue weighted by Gasteiger charge is -2.24. The van der Waals surface area contributed by atoms with Gasteiger partial charge in [0.1, 0.15) is 11.4 Å². The molecule has 0 aliphatic carbocycles. The zero-order valence-corrected chi connectivity index (χ0v) is 17.4. The average Bonchev–Trinajstić information content (AvgIpc) is 3.25. The highest BCUT2D eigenvalue weighted by Gasteiger charge is 2.34. The topological polar surface area (TPSA) is 76.5 Å². The lowest BCUT2D eigenvalue weighted by Crippen LogP contribution is -2.38. The summed E-state index contributed by atoms with van der Waals surface area (Å²) in [5, 5.41) is 3.08. The molecular weight excluding hydrogens is 356 g/mol. The number of ether oxygens (including phenoxy) is 1. The summed E-state index contributed by atoms with van der Waals surface area (Å²) in [6, 6.07) is 7.77. The first-order valence-electron chi connectivity index (χ1n) is 9.93. The predicted molar refractivity (Wildman–Crippen MR) is 108 cm³/mol. The number of carbonyl (C=O) groups excluding carboxylic acids is 2. The van der Waals surface area contributed by atoms with Crippen molar-refractivity contribution >= 4 is 23.0 Å². The number of benzene rings is 1. The lowest BCUT2D eigenvalue weighted by atomic mass is 10.1. The monoisotopic (exact) mass is 386 g/mol. The Balaban J connectivity index is 1.65. The maximum absolute atomic E-state index is 12.8. The van der Waals surface area contributed by atoms with Crippen LogP contribution in [0.25, 0.3) is 11.0 Å². The molecule has 7 nitrogen and oxygen atoms in total. The maximum atomic E-state index is 12.8. The molecule has 2 unspecified atom stereocenters. The van der Waals surface area contributed by atoms with E-state index in [2.05, 4.69) is 16.8 Å². The van der Waals surface area contributed by atoms with Crippen molar-refractivity contribution in [2.75, 3.05) is 13.1 Å². The van der Waals surface area contributed by atoms with Gasteiger partial charge in [-0.15, -0.1) is 0 Å². The van der Waals surface area contributed by atoms with E-state index in [1.54, 1.807) is 4.90 Å². The van der Waals surface area contributed by atoms with Gasteiger partial charge in [-0.05, 0) is 53.2 Å². The number of nitrogens with zero attached hydrogens (tertiary/aromatic N) is 3. The van der Waals surface area contributed by atoms with E-state index in [4.69, 9.17) is 9.72 Å². The normalized spacial score (nSPS) is 18.3. The third-order valence-corrected chi connectivity index (χ3v) is 4.96. The summed E-state index contributed by atoms with van der Waals surface area (Å²) >= 11 is 0. The lowest BCUT2D eigenvalue weighted by molar-refractivity contribution is -0.125. The number of nitrogens with one attached hydrogen (secondary N) is 1. The Morgan fingerprint density at radius 1 is 1.32 bits per heavy atom. The average molecular weight is 386 g/mol. The molecule has 0 spiro atoms. The van der Waals surface area contributed by atoms with E-state index >= 15 is 0 Å². The molecule has 2 heterocycles. The van der Waals surface area contributed by atoms with Gasteiger partial charge in [0.05, 0.1) is 23.0 Å². The highest BCUT2D eigenvalue weighted by atomic mass is 16.6. The van der Waals surface area contributed by atoms with Crippen LogP contribution < -0.4 is 5.32 Å². The molecule has 0 saturated carbocycles. The number of aromatic nitrogens is 2. The van der Waals surface area contributed by atoms with Crippen molar-refractivity contribution in [1.29, 1.82) is 0 Å². The molecule has 152 valence electrons. The van der Waals surface area contributed by atoms with Crippen LogP contribution >= 0.6 is 0 Å². The van der Waals surface area contributed by atoms with Crippen molar-refractivity contribution in [3.63, 3.8) is 0 Å². The molecule has 7 heteroatoms. The summed E-state index contributed by atoms with van der Waals surface area (Å²) in [5.74, 6) is 0.571. The molecule has 28 heavy (non-hydrogen) atoms. The predicted octanol–water partition coefficient (Wildman–Crippen LogP) is 3.49. The number of para-hydroxylation sites is 2. The largest absolute Gasteiger partial charge is 0.444 e. The number of aryl methyl sites for hydroxylation is 1. The van der Waals surface area contributed by atoms with Crippen LogP contribution in [-0.2, 0) is 16.1 Å². The van der Waals surface area contributed by atoms with Crippen LogP contribution in [0.15, 0.2) is 24.3 Å². The van der Waals surface area contributed by atoms with E-state index < -0.39 is 5.60 Å². The minimum Gasteiger partial charge on any atom is -0.444 e. The molecule has 1 aliphatic heterocycles. The SMILES string of the molecule is CCn1c(C(C)NC(=O)C2CCN(C(=O)OC(C)(C)C)C2)nc2ccccc21. The van der Waals surface area contributed by atoms with Gasteiger partial charge >= 0.3 is 6.09 Å². The van der Waals surface area contributed by atoms with Crippen LogP contribution in [0.4, 0.5) is 4.79 Å². The fourth-order valence-corrected chi connectivity index (χ4v) is 3.62. The van der Waals surface area contributed by atoms with Crippen LogP contribution in [-0.4, -0.2) is 45.1 Å². The second-order valence-corrected chi connectivity index (χ2v) is 8.35. The molecule has 1 saturated heterocycles. The Morgan fingerprint density at radius 2 is 2.04 bits per heavy atom. The number of fused-ring (bicyclic) bond motifs is 1. The number of hydrogen-bond donors (Lipinski definition) is 1. The molecule has 1 aromatic carbocycles. The van der Waals surface area contributed by atoms with E-state index in [0.29, 0.717) is 19.5 Å². The highest BCUT2D eigenvalue weighted by Crippen LogP contribution is 2.23. The molecule has 1 N–H and O–H groups in total. The summed E-state index contributed by atoms with van der Waals surface area (Å²) in [6.07, 6.45) is 0.283. The summed E-state index contributed by atoms with van der Waals surface area (Å²) < 4.78 is 7.53. The zero-order valence-electron chi connectivity index (χ0n) is 17.4. The number of likely N-dealkylation sites (tertiary alicyclic amines) is 1. The van der Waals surface area contributed by atoms with Gasteiger partial charge in [0.2, 0.25) is 5.91 Å². The number of carbonyl (C=O) groups is 2. The van der Waals surface area contributed by atoms with Crippen molar-refractivity contribution in [2.45, 2.75) is 59.2 Å². The molecule has 2 aromatic rings. The van der Waals surface area contributed by atoms with Crippen LogP contribution in [0.3, 0.4) is 0 Å². The standard InChI is InChI=1S/C21H30N4O3/c1-6-25-17-10-8-7-9-16(17)23-18(25)14(2)22-19(26)15-11-12-24(13-15)20(27)28-21(3,4)5/h7-10,14-15H,6,11-13H2,1-5H3,(H,22,26). The Bertz CT molecular complexity index is 868. The van der Waals surface area contributed by atoms with Crippen molar-refractivity contribution in [3.8, 4) is 0 Å². The first-order valence-corrected chi connectivity index (χ1v) is 9.93. The molecule has 1 aliphatic rings. The van der Waals surface area contributed by atoms with Crippen molar-refractivity contribution in [2.24, 2.45) is 5.92 Å². The number of amides is 2. The summed E-state index contributed by atoms with van der Waals surface area (Å²) in [5.41, 5.74) is 1.46. The second kappa shape index (κ2) is 7.81. The van der Waals surface area contributed by atoms with Crippen molar-refractivity contribution in [3.05, 3.63) is 30.1 Å². The number of rotatable bonds is 4. The fraction of sp³-hybridized carbons (Fsp3) is 0.571. The smallest absolute Gasteiger partial charge is 0.410 e. The zero-order chi connectivity index (χ0) is 20.5. The van der Waals surface area contributed by atoms with Gasteiger partial charge in [0, 0.05) is 19.6 Å². The Morgan fingerprint density at radius 3 is 2.71 bits per heavy atom. The summed E-state index contributed by atoms with van der Waals surface area (Å²) in [7, 11) is 0. The highest BCUT2D eigenvalue weighted by molar-refractivity contribution is 5.81. The minimum absolute atomic E-state index is 0.0479. The molecule has 2 amide bonds. The van der Waals surface area contributed by atoms with E-state index in [1.165, 1.54) is 0 Å². The van der Waals surface area contributed by atoms with Gasteiger partial charge in [-0.3, -0.25) is 4.79 Å². The van der Waals surface area contributed by atoms with Gasteiger partial charge in [0.15, 0.2) is 0 Å². The molecule has 2 atom stereocenters. The number of imidazole rings is 1. The second-order valence-electron chi connectivity index (χ2n) is 8.35. The number of hydrogen-bond acceptors (Lipinski definition) is 4. The van der Waals surface area contributed by atoms with Gasteiger partial charge in [-0.25, -0.2) is 9.78 Å². The summed E-state index contributed by atoms with van der Waals surface area (Å²) in [6.45, 7) is 11.2. The first-order chi connectivity index (χ1) is 13.2. The molecule has 3 rings (SSSR count).